The Morgan fingerprint density at radius 2 is 1.89 bits per heavy atom. The molecule has 0 fully saturated rings. The number of carbonyl (C=O) groups excluding carboxylic acids is 1. The van der Waals surface area contributed by atoms with Crippen LogP contribution in [0.5, 0.6) is 23.0 Å². The summed E-state index contributed by atoms with van der Waals surface area (Å²) in [6, 6.07) is 19.5. The van der Waals surface area contributed by atoms with Gasteiger partial charge < -0.3 is 28.8 Å². The molecule has 0 saturated carbocycles. The van der Waals surface area contributed by atoms with E-state index in [2.05, 4.69) is 15.3 Å². The fourth-order valence-electron chi connectivity index (χ4n) is 4.20. The fourth-order valence-corrected chi connectivity index (χ4v) is 5.12. The zero-order valence-corrected chi connectivity index (χ0v) is 20.3. The molecule has 36 heavy (non-hydrogen) atoms. The van der Waals surface area contributed by atoms with Gasteiger partial charge in [-0.25, -0.2) is 4.99 Å². The van der Waals surface area contributed by atoms with Crippen LogP contribution in [-0.2, 0) is 11.3 Å². The van der Waals surface area contributed by atoms with Crippen LogP contribution < -0.4 is 29.1 Å². The van der Waals surface area contributed by atoms with Crippen molar-refractivity contribution >= 4 is 28.6 Å². The molecule has 4 aromatic rings. The highest BCUT2D eigenvalue weighted by Crippen LogP contribution is 2.35. The molecule has 1 amide bonds. The topological polar surface area (TPSA) is 83.3 Å². The number of hydrogen-bond donors (Lipinski definition) is 1. The van der Waals surface area contributed by atoms with Gasteiger partial charge in [0.15, 0.2) is 22.9 Å². The molecule has 2 aliphatic rings. The van der Waals surface area contributed by atoms with E-state index in [4.69, 9.17) is 23.9 Å². The lowest BCUT2D eigenvalue weighted by atomic mass is 10.1. The van der Waals surface area contributed by atoms with Crippen molar-refractivity contribution < 1.29 is 23.7 Å². The molecule has 3 heterocycles. The second kappa shape index (κ2) is 9.43. The van der Waals surface area contributed by atoms with E-state index in [1.165, 1.54) is 0 Å². The highest BCUT2D eigenvalue weighted by Gasteiger charge is 2.19. The van der Waals surface area contributed by atoms with Crippen molar-refractivity contribution in [2.24, 2.45) is 4.99 Å². The van der Waals surface area contributed by atoms with Gasteiger partial charge >= 0.3 is 0 Å². The van der Waals surface area contributed by atoms with E-state index < -0.39 is 0 Å². The Labute approximate surface area is 211 Å². The lowest BCUT2D eigenvalue weighted by molar-refractivity contribution is -0.118. The molecule has 0 spiro atoms. The van der Waals surface area contributed by atoms with Crippen molar-refractivity contribution in [1.82, 2.24) is 4.57 Å². The SMILES string of the molecule is CCOc1ccccc1N=c1scc(-c2ccc3c(c2)NC(=O)CO3)n1Cc1ccc2c(c1)OCO2. The summed E-state index contributed by atoms with van der Waals surface area (Å²) in [5.41, 5.74) is 4.38. The van der Waals surface area contributed by atoms with Crippen LogP contribution in [0.4, 0.5) is 11.4 Å². The summed E-state index contributed by atoms with van der Waals surface area (Å²) < 4.78 is 24.6. The molecule has 2 aliphatic heterocycles. The molecule has 0 bridgehead atoms. The normalized spacial score (nSPS) is 14.2. The Morgan fingerprint density at radius 3 is 2.81 bits per heavy atom. The van der Waals surface area contributed by atoms with Crippen molar-refractivity contribution in [1.29, 1.82) is 0 Å². The van der Waals surface area contributed by atoms with E-state index in [1.54, 1.807) is 11.3 Å². The Kier molecular flexibility index (Phi) is 5.82. The third kappa shape index (κ3) is 4.29. The summed E-state index contributed by atoms with van der Waals surface area (Å²) in [6.07, 6.45) is 0. The second-order valence-corrected chi connectivity index (χ2v) is 9.07. The lowest BCUT2D eigenvalue weighted by Crippen LogP contribution is -2.25. The smallest absolute Gasteiger partial charge is 0.262 e. The van der Waals surface area contributed by atoms with Crippen molar-refractivity contribution in [3.05, 3.63) is 76.4 Å². The van der Waals surface area contributed by atoms with E-state index in [0.717, 1.165) is 44.6 Å². The highest BCUT2D eigenvalue weighted by molar-refractivity contribution is 7.07. The van der Waals surface area contributed by atoms with Crippen LogP contribution in [0.1, 0.15) is 12.5 Å². The molecule has 8 nitrogen and oxygen atoms in total. The van der Waals surface area contributed by atoms with E-state index in [-0.39, 0.29) is 19.3 Å². The molecule has 9 heteroatoms. The number of benzene rings is 3. The Hall–Kier alpha value is -4.24. The molecule has 0 atom stereocenters. The van der Waals surface area contributed by atoms with Gasteiger partial charge in [-0.1, -0.05) is 18.2 Å². The van der Waals surface area contributed by atoms with Crippen LogP contribution >= 0.6 is 11.3 Å². The Morgan fingerprint density at radius 1 is 1.03 bits per heavy atom. The van der Waals surface area contributed by atoms with Gasteiger partial charge in [-0.15, -0.1) is 11.3 Å². The van der Waals surface area contributed by atoms with Gasteiger partial charge in [0, 0.05) is 10.9 Å². The lowest BCUT2D eigenvalue weighted by Gasteiger charge is -2.19. The molecule has 0 radical (unpaired) electrons. The Balaban J connectivity index is 1.47. The zero-order chi connectivity index (χ0) is 24.5. The van der Waals surface area contributed by atoms with Gasteiger partial charge in [-0.05, 0) is 55.0 Å². The maximum absolute atomic E-state index is 11.9. The highest BCUT2D eigenvalue weighted by atomic mass is 32.1. The molecule has 3 aromatic carbocycles. The van der Waals surface area contributed by atoms with Crippen LogP contribution in [0.2, 0.25) is 0 Å². The molecule has 0 aliphatic carbocycles. The van der Waals surface area contributed by atoms with E-state index in [1.807, 2.05) is 67.6 Å². The van der Waals surface area contributed by atoms with Crippen LogP contribution in [-0.4, -0.2) is 30.5 Å². The van der Waals surface area contributed by atoms with E-state index in [0.29, 0.717) is 24.6 Å². The maximum atomic E-state index is 11.9. The summed E-state index contributed by atoms with van der Waals surface area (Å²) in [7, 11) is 0. The largest absolute Gasteiger partial charge is 0.492 e. The number of amides is 1. The van der Waals surface area contributed by atoms with Crippen LogP contribution in [0.3, 0.4) is 0 Å². The monoisotopic (exact) mass is 501 g/mol. The Bertz CT molecular complexity index is 1520. The standard InChI is InChI=1S/C27H23N3O5S/c1-2-32-22-6-4-3-5-19(22)29-27-30(13-17-7-9-24-25(11-17)35-16-34-24)21(15-36-27)18-8-10-23-20(12-18)28-26(31)14-33-23/h3-12,15H,2,13-14,16H2,1H3,(H,28,31). The predicted octanol–water partition coefficient (Wildman–Crippen LogP) is 4.96. The summed E-state index contributed by atoms with van der Waals surface area (Å²) >= 11 is 1.54. The number of rotatable bonds is 6. The van der Waals surface area contributed by atoms with E-state index >= 15 is 0 Å². The minimum Gasteiger partial charge on any atom is -0.492 e. The number of aromatic nitrogens is 1. The summed E-state index contributed by atoms with van der Waals surface area (Å²) in [5, 5.41) is 4.97. The van der Waals surface area contributed by atoms with Crippen LogP contribution in [0, 0.1) is 0 Å². The minimum absolute atomic E-state index is 0.0250. The number of anilines is 1. The molecule has 6 rings (SSSR count). The van der Waals surface area contributed by atoms with Crippen molar-refractivity contribution in [2.45, 2.75) is 13.5 Å². The first-order valence-electron chi connectivity index (χ1n) is 11.6. The second-order valence-electron chi connectivity index (χ2n) is 8.24. The van der Waals surface area contributed by atoms with Crippen molar-refractivity contribution in [2.75, 3.05) is 25.3 Å². The first-order valence-corrected chi connectivity index (χ1v) is 12.5. The number of carbonyl (C=O) groups is 1. The average molecular weight is 502 g/mol. The zero-order valence-electron chi connectivity index (χ0n) is 19.5. The number of nitrogens with zero attached hydrogens (tertiary/aromatic N) is 2. The first kappa shape index (κ1) is 22.2. The molecule has 182 valence electrons. The van der Waals surface area contributed by atoms with Gasteiger partial charge in [0.05, 0.1) is 24.5 Å². The number of thiazole rings is 1. The summed E-state index contributed by atoms with van der Waals surface area (Å²) in [5.74, 6) is 2.71. The number of nitrogens with one attached hydrogen (secondary N) is 1. The molecule has 1 aromatic heterocycles. The molecule has 0 unspecified atom stereocenters. The van der Waals surface area contributed by atoms with Gasteiger partial charge in [-0.3, -0.25) is 4.79 Å². The molecular formula is C27H23N3O5S. The van der Waals surface area contributed by atoms with Gasteiger partial charge in [0.1, 0.15) is 17.2 Å². The number of para-hydroxylation sites is 2. The number of fused-ring (bicyclic) bond motifs is 2. The van der Waals surface area contributed by atoms with Gasteiger partial charge in [-0.2, -0.15) is 0 Å². The maximum Gasteiger partial charge on any atom is 0.262 e. The van der Waals surface area contributed by atoms with Crippen LogP contribution in [0.15, 0.2) is 71.0 Å². The molecular weight excluding hydrogens is 478 g/mol. The number of hydrogen-bond acceptors (Lipinski definition) is 7. The summed E-state index contributed by atoms with van der Waals surface area (Å²) in [6.45, 7) is 3.33. The van der Waals surface area contributed by atoms with Gasteiger partial charge in [0.25, 0.3) is 5.91 Å². The average Bonchev–Trinajstić information content (AvgIpc) is 3.52. The van der Waals surface area contributed by atoms with Crippen LogP contribution in [0.25, 0.3) is 11.3 Å². The third-order valence-corrected chi connectivity index (χ3v) is 6.73. The predicted molar refractivity (Wildman–Crippen MR) is 136 cm³/mol. The first-order chi connectivity index (χ1) is 17.7. The summed E-state index contributed by atoms with van der Waals surface area (Å²) in [4.78, 5) is 17.7. The quantitative estimate of drug-likeness (QED) is 0.404. The van der Waals surface area contributed by atoms with Gasteiger partial charge in [0.2, 0.25) is 6.79 Å². The third-order valence-electron chi connectivity index (χ3n) is 5.86. The fraction of sp³-hybridized carbons (Fsp3) is 0.185. The van der Waals surface area contributed by atoms with Crippen molar-refractivity contribution in [3.8, 4) is 34.3 Å². The van der Waals surface area contributed by atoms with E-state index in [9.17, 15) is 4.79 Å². The minimum atomic E-state index is -0.165. The van der Waals surface area contributed by atoms with Crippen molar-refractivity contribution in [3.63, 3.8) is 0 Å². The number of ether oxygens (including phenoxy) is 4. The molecule has 1 N–H and O–H groups in total. The molecule has 0 saturated heterocycles.